The van der Waals surface area contributed by atoms with Crippen molar-refractivity contribution in [3.63, 3.8) is 0 Å². The number of hydrogen-bond acceptors (Lipinski definition) is 3. The number of benzene rings is 1. The number of methoxy groups -OCH3 is 1. The molecule has 1 heterocycles. The van der Waals surface area contributed by atoms with Gasteiger partial charge in [0.2, 0.25) is 0 Å². The Morgan fingerprint density at radius 2 is 1.86 bits per heavy atom. The van der Waals surface area contributed by atoms with Crippen LogP contribution in [-0.2, 0) is 6.54 Å². The molecular weight excluding hydrogens is 262 g/mol. The van der Waals surface area contributed by atoms with Crippen LogP contribution in [0.25, 0.3) is 0 Å². The summed E-state index contributed by atoms with van der Waals surface area (Å²) < 4.78 is 7.51. The molecule has 0 radical (unpaired) electrons. The predicted molar refractivity (Wildman–Crippen MR) is 86.0 cm³/mol. The van der Waals surface area contributed by atoms with Crippen molar-refractivity contribution in [2.75, 3.05) is 14.2 Å². The van der Waals surface area contributed by atoms with Gasteiger partial charge in [-0.25, -0.2) is 0 Å². The molecule has 0 spiro atoms. The zero-order valence-electron chi connectivity index (χ0n) is 13.8. The summed E-state index contributed by atoms with van der Waals surface area (Å²) in [6.07, 6.45) is 1.79. The summed E-state index contributed by atoms with van der Waals surface area (Å²) in [7, 11) is 3.68. The lowest BCUT2D eigenvalue weighted by atomic mass is 9.92. The number of aryl methyl sites for hydroxylation is 4. The summed E-state index contributed by atoms with van der Waals surface area (Å²) in [5, 5.41) is 7.86. The maximum Gasteiger partial charge on any atom is 0.161 e. The average molecular weight is 287 g/mol. The van der Waals surface area contributed by atoms with E-state index >= 15 is 0 Å². The molecule has 4 nitrogen and oxygen atoms in total. The van der Waals surface area contributed by atoms with Crippen LogP contribution in [0.1, 0.15) is 40.9 Å². The summed E-state index contributed by atoms with van der Waals surface area (Å²) in [6.45, 7) is 9.38. The number of rotatable bonds is 5. The van der Waals surface area contributed by atoms with E-state index in [0.29, 0.717) is 0 Å². The fraction of sp³-hybridized carbons (Fsp3) is 0.471. The van der Waals surface area contributed by atoms with Gasteiger partial charge in [0.05, 0.1) is 19.3 Å². The predicted octanol–water partition coefficient (Wildman–Crippen LogP) is 3.15. The Morgan fingerprint density at radius 3 is 2.33 bits per heavy atom. The molecule has 21 heavy (non-hydrogen) atoms. The molecule has 0 aliphatic heterocycles. The summed E-state index contributed by atoms with van der Waals surface area (Å²) in [6, 6.07) is 4.53. The average Bonchev–Trinajstić information content (AvgIpc) is 2.85. The molecule has 2 aromatic rings. The number of hydrogen-bond donors (Lipinski definition) is 1. The van der Waals surface area contributed by atoms with Gasteiger partial charge in [-0.1, -0.05) is 17.7 Å². The van der Waals surface area contributed by atoms with Gasteiger partial charge < -0.3 is 10.1 Å². The van der Waals surface area contributed by atoms with E-state index in [4.69, 9.17) is 4.74 Å². The molecule has 2 rings (SSSR count). The Kier molecular flexibility index (Phi) is 4.68. The van der Waals surface area contributed by atoms with Gasteiger partial charge in [-0.15, -0.1) is 0 Å². The first-order valence-electron chi connectivity index (χ1n) is 7.38. The SMILES string of the molecule is CCn1ncc(OC)c1C(NC)c1c(C)cc(C)cc1C. The smallest absolute Gasteiger partial charge is 0.161 e. The standard InChI is InChI=1S/C17H25N3O/c1-7-20-17(14(21-6)10-19-20)16(18-5)15-12(3)8-11(2)9-13(15)4/h8-10,16,18H,7H2,1-6H3. The Labute approximate surface area is 127 Å². The number of aromatic nitrogens is 2. The molecule has 0 bridgehead atoms. The van der Waals surface area contributed by atoms with Gasteiger partial charge in [-0.2, -0.15) is 5.10 Å². The lowest BCUT2D eigenvalue weighted by molar-refractivity contribution is 0.401. The number of nitrogens with zero attached hydrogens (tertiary/aromatic N) is 2. The first kappa shape index (κ1) is 15.6. The van der Waals surface area contributed by atoms with Gasteiger partial charge in [0.1, 0.15) is 5.69 Å². The van der Waals surface area contributed by atoms with Crippen molar-refractivity contribution in [1.82, 2.24) is 15.1 Å². The molecule has 1 atom stereocenters. The van der Waals surface area contributed by atoms with E-state index < -0.39 is 0 Å². The molecule has 4 heteroatoms. The van der Waals surface area contributed by atoms with E-state index in [0.717, 1.165) is 18.0 Å². The summed E-state index contributed by atoms with van der Waals surface area (Å²) in [5.41, 5.74) is 6.25. The minimum absolute atomic E-state index is 0.0722. The van der Waals surface area contributed by atoms with E-state index in [1.807, 2.05) is 11.7 Å². The maximum atomic E-state index is 5.51. The van der Waals surface area contributed by atoms with Crippen LogP contribution in [0.4, 0.5) is 0 Å². The normalized spacial score (nSPS) is 12.5. The second kappa shape index (κ2) is 6.31. The van der Waals surface area contributed by atoms with Crippen molar-refractivity contribution in [2.45, 2.75) is 40.3 Å². The van der Waals surface area contributed by atoms with Gasteiger partial charge >= 0.3 is 0 Å². The number of ether oxygens (including phenoxy) is 1. The molecule has 0 amide bonds. The first-order valence-corrected chi connectivity index (χ1v) is 7.38. The maximum absolute atomic E-state index is 5.51. The third kappa shape index (κ3) is 2.81. The van der Waals surface area contributed by atoms with Crippen molar-refractivity contribution < 1.29 is 4.74 Å². The molecule has 1 aromatic heterocycles. The van der Waals surface area contributed by atoms with Crippen molar-refractivity contribution in [2.24, 2.45) is 0 Å². The summed E-state index contributed by atoms with van der Waals surface area (Å²) in [5.74, 6) is 0.829. The minimum Gasteiger partial charge on any atom is -0.493 e. The van der Waals surface area contributed by atoms with Crippen molar-refractivity contribution >= 4 is 0 Å². The molecule has 1 unspecified atom stereocenters. The lowest BCUT2D eigenvalue weighted by Crippen LogP contribution is -2.24. The highest BCUT2D eigenvalue weighted by Crippen LogP contribution is 2.33. The molecule has 114 valence electrons. The van der Waals surface area contributed by atoms with Gasteiger partial charge in [-0.05, 0) is 51.4 Å². The third-order valence-electron chi connectivity index (χ3n) is 3.95. The highest BCUT2D eigenvalue weighted by Gasteiger charge is 2.24. The Morgan fingerprint density at radius 1 is 1.24 bits per heavy atom. The quantitative estimate of drug-likeness (QED) is 0.918. The van der Waals surface area contributed by atoms with Gasteiger partial charge in [0, 0.05) is 6.54 Å². The molecule has 1 aromatic carbocycles. The molecule has 0 fully saturated rings. The van der Waals surface area contributed by atoms with Crippen LogP contribution in [0.2, 0.25) is 0 Å². The Bertz CT molecular complexity index is 586. The van der Waals surface area contributed by atoms with E-state index in [-0.39, 0.29) is 6.04 Å². The minimum atomic E-state index is 0.0722. The van der Waals surface area contributed by atoms with Crippen molar-refractivity contribution in [3.05, 3.63) is 46.3 Å². The van der Waals surface area contributed by atoms with E-state index in [9.17, 15) is 0 Å². The zero-order valence-corrected chi connectivity index (χ0v) is 13.8. The van der Waals surface area contributed by atoms with Crippen LogP contribution in [0.15, 0.2) is 18.3 Å². The molecular formula is C17H25N3O. The number of nitrogens with one attached hydrogen (secondary N) is 1. The largest absolute Gasteiger partial charge is 0.493 e. The lowest BCUT2D eigenvalue weighted by Gasteiger charge is -2.23. The second-order valence-corrected chi connectivity index (χ2v) is 5.45. The van der Waals surface area contributed by atoms with E-state index in [1.165, 1.54) is 22.3 Å². The van der Waals surface area contributed by atoms with Crippen molar-refractivity contribution in [1.29, 1.82) is 0 Å². The van der Waals surface area contributed by atoms with Crippen LogP contribution in [0.3, 0.4) is 0 Å². The highest BCUT2D eigenvalue weighted by atomic mass is 16.5. The van der Waals surface area contributed by atoms with Crippen LogP contribution >= 0.6 is 0 Å². The first-order chi connectivity index (χ1) is 10.0. The van der Waals surface area contributed by atoms with Crippen LogP contribution < -0.4 is 10.1 Å². The molecule has 0 aliphatic rings. The van der Waals surface area contributed by atoms with Gasteiger partial charge in [0.15, 0.2) is 5.75 Å². The molecule has 0 saturated carbocycles. The van der Waals surface area contributed by atoms with E-state index in [2.05, 4.69) is 50.2 Å². The van der Waals surface area contributed by atoms with E-state index in [1.54, 1.807) is 13.3 Å². The highest BCUT2D eigenvalue weighted by molar-refractivity contribution is 5.45. The monoisotopic (exact) mass is 287 g/mol. The summed E-state index contributed by atoms with van der Waals surface area (Å²) in [4.78, 5) is 0. The van der Waals surface area contributed by atoms with Crippen molar-refractivity contribution in [3.8, 4) is 5.75 Å². The van der Waals surface area contributed by atoms with Gasteiger partial charge in [-0.3, -0.25) is 4.68 Å². The zero-order chi connectivity index (χ0) is 15.6. The fourth-order valence-electron chi connectivity index (χ4n) is 3.14. The molecule has 0 saturated heterocycles. The summed E-state index contributed by atoms with van der Waals surface area (Å²) >= 11 is 0. The Hall–Kier alpha value is -1.81. The topological polar surface area (TPSA) is 39.1 Å². The Balaban J connectivity index is 2.63. The third-order valence-corrected chi connectivity index (χ3v) is 3.95. The second-order valence-electron chi connectivity index (χ2n) is 5.45. The van der Waals surface area contributed by atoms with Crippen LogP contribution in [0.5, 0.6) is 5.75 Å². The van der Waals surface area contributed by atoms with Gasteiger partial charge in [0.25, 0.3) is 0 Å². The molecule has 0 aliphatic carbocycles. The molecule has 1 N–H and O–H groups in total. The van der Waals surface area contributed by atoms with Crippen LogP contribution in [-0.4, -0.2) is 23.9 Å². The van der Waals surface area contributed by atoms with Crippen LogP contribution in [0, 0.1) is 20.8 Å². The fourth-order valence-corrected chi connectivity index (χ4v) is 3.14.